The smallest absolute Gasteiger partial charge is 0.266 e. The molecule has 1 aliphatic carbocycles. The van der Waals surface area contributed by atoms with Gasteiger partial charge in [0, 0.05) is 30.6 Å². The van der Waals surface area contributed by atoms with Crippen molar-refractivity contribution in [3.05, 3.63) is 75.2 Å². The highest BCUT2D eigenvalue weighted by molar-refractivity contribution is 7.11. The first-order valence-electron chi connectivity index (χ1n) is 13.1. The average Bonchev–Trinajstić information content (AvgIpc) is 3.73. The molecule has 0 radical (unpaired) electrons. The van der Waals surface area contributed by atoms with Crippen molar-refractivity contribution < 1.29 is 19.0 Å². The zero-order valence-electron chi connectivity index (χ0n) is 21.0. The number of rotatable bonds is 6. The van der Waals surface area contributed by atoms with E-state index in [1.165, 1.54) is 28.9 Å². The van der Waals surface area contributed by atoms with Crippen molar-refractivity contribution in [3.63, 3.8) is 0 Å². The molecule has 2 aliphatic heterocycles. The maximum absolute atomic E-state index is 13.7. The molecule has 0 N–H and O–H groups in total. The van der Waals surface area contributed by atoms with Gasteiger partial charge in [-0.15, -0.1) is 11.3 Å². The van der Waals surface area contributed by atoms with E-state index in [4.69, 9.17) is 19.2 Å². The normalized spacial score (nSPS) is 16.2. The van der Waals surface area contributed by atoms with Gasteiger partial charge in [-0.25, -0.2) is 4.98 Å². The van der Waals surface area contributed by atoms with E-state index in [2.05, 4.69) is 28.1 Å². The fraction of sp³-hybridized carbons (Fsp3) is 0.345. The molecule has 9 heteroatoms. The maximum Gasteiger partial charge on any atom is 0.266 e. The van der Waals surface area contributed by atoms with E-state index in [1.54, 1.807) is 11.7 Å². The standard InChI is InChI=1S/C29H28N4O4S/c34-29(27-14-30-17-38-27)33(15-19-4-5-25-26(10-19)37-18-36-25)16-23-12-22-11-20-2-1-3-21(20)13-24(22)31-28(23)32-6-8-35-9-7-32/h4-5,10-14,17H,1-3,6-9,15-16,18H2. The van der Waals surface area contributed by atoms with E-state index in [0.717, 1.165) is 59.5 Å². The Hall–Kier alpha value is -3.69. The molecule has 1 fully saturated rings. The number of aromatic nitrogens is 2. The van der Waals surface area contributed by atoms with E-state index in [9.17, 15) is 4.79 Å². The lowest BCUT2D eigenvalue weighted by Crippen LogP contribution is -2.38. The quantitative estimate of drug-likeness (QED) is 0.362. The van der Waals surface area contributed by atoms with Crippen LogP contribution < -0.4 is 14.4 Å². The molecule has 0 atom stereocenters. The summed E-state index contributed by atoms with van der Waals surface area (Å²) in [6.07, 6.45) is 5.08. The monoisotopic (exact) mass is 528 g/mol. The van der Waals surface area contributed by atoms with Crippen LogP contribution in [0.15, 0.2) is 48.1 Å². The number of thiazole rings is 1. The summed E-state index contributed by atoms with van der Waals surface area (Å²) < 4.78 is 16.7. The van der Waals surface area contributed by atoms with Crippen LogP contribution in [-0.2, 0) is 30.7 Å². The third-order valence-electron chi connectivity index (χ3n) is 7.50. The van der Waals surface area contributed by atoms with Gasteiger partial charge in [0.2, 0.25) is 6.79 Å². The Balaban J connectivity index is 1.29. The second-order valence-electron chi connectivity index (χ2n) is 9.95. The molecule has 0 unspecified atom stereocenters. The molecule has 0 spiro atoms. The van der Waals surface area contributed by atoms with Crippen LogP contribution >= 0.6 is 11.3 Å². The molecule has 2 aromatic carbocycles. The number of anilines is 1. The van der Waals surface area contributed by atoms with E-state index < -0.39 is 0 Å². The fourth-order valence-corrected chi connectivity index (χ4v) is 6.18. The molecule has 4 aromatic rings. The number of fused-ring (bicyclic) bond motifs is 3. The van der Waals surface area contributed by atoms with Crippen LogP contribution in [0.5, 0.6) is 11.5 Å². The van der Waals surface area contributed by atoms with Crippen LogP contribution in [0, 0.1) is 0 Å². The van der Waals surface area contributed by atoms with E-state index in [-0.39, 0.29) is 12.7 Å². The number of carbonyl (C=O) groups excluding carboxylic acids is 1. The molecule has 0 saturated carbocycles. The Bertz CT molecular complexity index is 1500. The zero-order valence-corrected chi connectivity index (χ0v) is 21.8. The number of nitrogens with zero attached hydrogens (tertiary/aromatic N) is 4. The average molecular weight is 529 g/mol. The lowest BCUT2D eigenvalue weighted by Gasteiger charge is -2.31. The number of amides is 1. The first kappa shape index (κ1) is 23.4. The molecule has 4 heterocycles. The van der Waals surface area contributed by atoms with Crippen LogP contribution in [0.25, 0.3) is 10.9 Å². The summed E-state index contributed by atoms with van der Waals surface area (Å²) in [4.78, 5) is 27.9. The predicted octanol–water partition coefficient (Wildman–Crippen LogP) is 4.59. The number of aryl methyl sites for hydroxylation is 2. The summed E-state index contributed by atoms with van der Waals surface area (Å²) in [5, 5.41) is 1.13. The minimum Gasteiger partial charge on any atom is -0.454 e. The van der Waals surface area contributed by atoms with Crippen molar-refractivity contribution in [2.45, 2.75) is 32.4 Å². The Kier molecular flexibility index (Phi) is 6.09. The van der Waals surface area contributed by atoms with Crippen LogP contribution in [0.4, 0.5) is 5.82 Å². The second kappa shape index (κ2) is 9.89. The van der Waals surface area contributed by atoms with Gasteiger partial charge >= 0.3 is 0 Å². The molecular weight excluding hydrogens is 500 g/mol. The summed E-state index contributed by atoms with van der Waals surface area (Å²) in [6.45, 7) is 3.98. The van der Waals surface area contributed by atoms with E-state index in [0.29, 0.717) is 36.9 Å². The van der Waals surface area contributed by atoms with Crippen LogP contribution in [-0.4, -0.2) is 53.9 Å². The van der Waals surface area contributed by atoms with Gasteiger partial charge in [0.1, 0.15) is 10.7 Å². The summed E-state index contributed by atoms with van der Waals surface area (Å²) in [6, 6.07) is 12.6. The first-order valence-corrected chi connectivity index (χ1v) is 13.9. The Labute approximate surface area is 224 Å². The number of carbonyl (C=O) groups is 1. The maximum atomic E-state index is 13.7. The molecule has 1 saturated heterocycles. The van der Waals surface area contributed by atoms with Crippen LogP contribution in [0.3, 0.4) is 0 Å². The number of ether oxygens (including phenoxy) is 3. The van der Waals surface area contributed by atoms with Crippen molar-refractivity contribution in [1.29, 1.82) is 0 Å². The number of morpholine rings is 1. The van der Waals surface area contributed by atoms with Crippen molar-refractivity contribution in [2.75, 3.05) is 38.0 Å². The Morgan fingerprint density at radius 2 is 1.84 bits per heavy atom. The van der Waals surface area contributed by atoms with Crippen molar-refractivity contribution in [2.24, 2.45) is 0 Å². The molecule has 3 aliphatic rings. The van der Waals surface area contributed by atoms with E-state index >= 15 is 0 Å². The predicted molar refractivity (Wildman–Crippen MR) is 145 cm³/mol. The van der Waals surface area contributed by atoms with Gasteiger partial charge in [-0.2, -0.15) is 0 Å². The minimum absolute atomic E-state index is 0.0489. The van der Waals surface area contributed by atoms with Gasteiger partial charge in [-0.1, -0.05) is 6.07 Å². The molecule has 38 heavy (non-hydrogen) atoms. The lowest BCUT2D eigenvalue weighted by atomic mass is 10.0. The lowest BCUT2D eigenvalue weighted by molar-refractivity contribution is 0.0734. The van der Waals surface area contributed by atoms with Gasteiger partial charge in [0.05, 0.1) is 37.0 Å². The van der Waals surface area contributed by atoms with Crippen LogP contribution in [0.1, 0.15) is 38.3 Å². The third-order valence-corrected chi connectivity index (χ3v) is 8.26. The van der Waals surface area contributed by atoms with Crippen LogP contribution in [0.2, 0.25) is 0 Å². The Morgan fingerprint density at radius 3 is 2.68 bits per heavy atom. The number of hydrogen-bond donors (Lipinski definition) is 0. The number of benzene rings is 2. The molecular formula is C29H28N4O4S. The van der Waals surface area contributed by atoms with Gasteiger partial charge < -0.3 is 24.0 Å². The zero-order chi connectivity index (χ0) is 25.5. The fourth-order valence-electron chi connectivity index (χ4n) is 5.59. The Morgan fingerprint density at radius 1 is 1.00 bits per heavy atom. The van der Waals surface area contributed by atoms with Crippen molar-refractivity contribution in [3.8, 4) is 11.5 Å². The SMILES string of the molecule is O=C(c1cncs1)N(Cc1ccc2c(c1)OCO2)Cc1cc2cc3c(cc2nc1N1CCOCC1)CCC3. The third kappa shape index (κ3) is 4.46. The number of hydrogen-bond acceptors (Lipinski definition) is 8. The van der Waals surface area contributed by atoms with Gasteiger partial charge in [0.25, 0.3) is 5.91 Å². The van der Waals surface area contributed by atoms with Gasteiger partial charge in [-0.05, 0) is 66.3 Å². The molecule has 8 nitrogen and oxygen atoms in total. The highest BCUT2D eigenvalue weighted by Crippen LogP contribution is 2.34. The highest BCUT2D eigenvalue weighted by atomic mass is 32.1. The summed E-state index contributed by atoms with van der Waals surface area (Å²) in [5.41, 5.74) is 7.57. The molecule has 194 valence electrons. The molecule has 0 bridgehead atoms. The highest BCUT2D eigenvalue weighted by Gasteiger charge is 2.25. The molecule has 7 rings (SSSR count). The van der Waals surface area contributed by atoms with Crippen molar-refractivity contribution >= 4 is 34.0 Å². The first-order chi connectivity index (χ1) is 18.7. The van der Waals surface area contributed by atoms with Gasteiger partial charge in [0.15, 0.2) is 11.5 Å². The topological polar surface area (TPSA) is 77.0 Å². The minimum atomic E-state index is -0.0489. The summed E-state index contributed by atoms with van der Waals surface area (Å²) in [7, 11) is 0. The summed E-state index contributed by atoms with van der Waals surface area (Å²) >= 11 is 1.36. The molecule has 2 aromatic heterocycles. The summed E-state index contributed by atoms with van der Waals surface area (Å²) in [5.74, 6) is 2.33. The van der Waals surface area contributed by atoms with Crippen molar-refractivity contribution in [1.82, 2.24) is 14.9 Å². The second-order valence-corrected chi connectivity index (χ2v) is 10.8. The molecule has 1 amide bonds. The van der Waals surface area contributed by atoms with E-state index in [1.807, 2.05) is 23.1 Å². The number of pyridine rings is 1. The van der Waals surface area contributed by atoms with Gasteiger partial charge in [-0.3, -0.25) is 9.78 Å². The largest absolute Gasteiger partial charge is 0.454 e.